The van der Waals surface area contributed by atoms with Gasteiger partial charge in [0.15, 0.2) is 0 Å². The number of carbonyl (C=O) groups is 2. The van der Waals surface area contributed by atoms with Gasteiger partial charge in [-0.3, -0.25) is 9.59 Å². The smallest absolute Gasteiger partial charge is 0.243 e. The summed E-state index contributed by atoms with van der Waals surface area (Å²) in [5.74, 6) is -0.788. The van der Waals surface area contributed by atoms with Crippen LogP contribution < -0.4 is 16.4 Å². The molecule has 1 rings (SSSR count). The average Bonchev–Trinajstić information content (AvgIpc) is 2.38. The van der Waals surface area contributed by atoms with Crippen LogP contribution in [0.1, 0.15) is 20.8 Å². The van der Waals surface area contributed by atoms with Gasteiger partial charge in [-0.1, -0.05) is 44.0 Å². The fourth-order valence-electron chi connectivity index (χ4n) is 1.46. The van der Waals surface area contributed by atoms with Crippen LogP contribution in [0.5, 0.6) is 0 Å². The Morgan fingerprint density at radius 3 is 2.41 bits per heavy atom. The predicted octanol–water partition coefficient (Wildman–Crippen LogP) is 2.84. The molecular weight excluding hydrogens is 349 g/mol. The topological polar surface area (TPSA) is 84.2 Å². The Morgan fingerprint density at radius 2 is 1.86 bits per heavy atom. The van der Waals surface area contributed by atoms with Gasteiger partial charge in [-0.2, -0.15) is 0 Å². The predicted molar refractivity (Wildman–Crippen MR) is 92.8 cm³/mol. The second-order valence-electron chi connectivity index (χ2n) is 5.73. The third-order valence-corrected chi connectivity index (χ3v) is 3.41. The molecule has 0 aliphatic carbocycles. The molecule has 124 valence electrons. The summed E-state index contributed by atoms with van der Waals surface area (Å²) in [6.45, 7) is 5.36. The van der Waals surface area contributed by atoms with Gasteiger partial charge in [0.05, 0.1) is 23.3 Å². The lowest BCUT2D eigenvalue weighted by Gasteiger charge is -2.25. The maximum absolute atomic E-state index is 11.8. The molecule has 0 aliphatic rings. The number of hydrogen-bond acceptors (Lipinski definition) is 3. The highest BCUT2D eigenvalue weighted by Crippen LogP contribution is 2.25. The van der Waals surface area contributed by atoms with Crippen molar-refractivity contribution in [1.29, 1.82) is 0 Å². The molecule has 4 N–H and O–H groups in total. The standard InChI is InChI=1S/C14H19Cl2N3O2.ClH/c1-14(2,3)12(17)13(21)18-7-11(20)19-10-6-8(15)4-5-9(10)16;/h4-6,12H,7,17H2,1-3H3,(H,18,21)(H,19,20);1H/t12-;/m1./s1. The van der Waals surface area contributed by atoms with E-state index < -0.39 is 11.9 Å². The summed E-state index contributed by atoms with van der Waals surface area (Å²) in [4.78, 5) is 23.6. The first-order valence-corrected chi connectivity index (χ1v) is 7.15. The molecule has 5 nitrogen and oxygen atoms in total. The van der Waals surface area contributed by atoms with E-state index in [4.69, 9.17) is 28.9 Å². The van der Waals surface area contributed by atoms with E-state index in [0.717, 1.165) is 0 Å². The number of nitrogens with two attached hydrogens (primary N) is 1. The molecule has 8 heteroatoms. The molecule has 2 amide bonds. The van der Waals surface area contributed by atoms with Gasteiger partial charge in [-0.25, -0.2) is 0 Å². The first-order valence-electron chi connectivity index (χ1n) is 6.39. The molecule has 0 saturated heterocycles. The summed E-state index contributed by atoms with van der Waals surface area (Å²) in [7, 11) is 0. The van der Waals surface area contributed by atoms with Crippen molar-refractivity contribution in [1.82, 2.24) is 5.32 Å². The van der Waals surface area contributed by atoms with Crippen LogP contribution in [0.15, 0.2) is 18.2 Å². The van der Waals surface area contributed by atoms with Crippen molar-refractivity contribution >= 4 is 53.1 Å². The zero-order chi connectivity index (χ0) is 16.2. The Morgan fingerprint density at radius 1 is 1.27 bits per heavy atom. The van der Waals surface area contributed by atoms with Gasteiger partial charge < -0.3 is 16.4 Å². The van der Waals surface area contributed by atoms with E-state index in [2.05, 4.69) is 10.6 Å². The van der Waals surface area contributed by atoms with Crippen LogP contribution in [-0.2, 0) is 9.59 Å². The van der Waals surface area contributed by atoms with Crippen molar-refractivity contribution in [3.8, 4) is 0 Å². The van der Waals surface area contributed by atoms with Crippen LogP contribution in [0.3, 0.4) is 0 Å². The van der Waals surface area contributed by atoms with Gasteiger partial charge in [0, 0.05) is 5.02 Å². The molecule has 0 spiro atoms. The Balaban J connectivity index is 0.00000441. The van der Waals surface area contributed by atoms with Gasteiger partial charge in [0.2, 0.25) is 11.8 Å². The van der Waals surface area contributed by atoms with Crippen LogP contribution in [-0.4, -0.2) is 24.4 Å². The maximum Gasteiger partial charge on any atom is 0.243 e. The van der Waals surface area contributed by atoms with Crippen LogP contribution in [0, 0.1) is 5.41 Å². The largest absolute Gasteiger partial charge is 0.346 e. The highest BCUT2D eigenvalue weighted by Gasteiger charge is 2.27. The van der Waals surface area contributed by atoms with E-state index in [0.29, 0.717) is 15.7 Å². The molecule has 0 bridgehead atoms. The van der Waals surface area contributed by atoms with Crippen molar-refractivity contribution in [2.45, 2.75) is 26.8 Å². The minimum absolute atomic E-state index is 0. The van der Waals surface area contributed by atoms with Gasteiger partial charge in [-0.05, 0) is 23.6 Å². The van der Waals surface area contributed by atoms with Gasteiger partial charge >= 0.3 is 0 Å². The van der Waals surface area contributed by atoms with Crippen molar-refractivity contribution in [2.24, 2.45) is 11.1 Å². The number of benzene rings is 1. The zero-order valence-electron chi connectivity index (χ0n) is 12.6. The van der Waals surface area contributed by atoms with E-state index in [1.165, 1.54) is 6.07 Å². The van der Waals surface area contributed by atoms with Crippen LogP contribution >= 0.6 is 35.6 Å². The quantitative estimate of drug-likeness (QED) is 0.764. The van der Waals surface area contributed by atoms with E-state index in [9.17, 15) is 9.59 Å². The number of hydrogen-bond donors (Lipinski definition) is 3. The Bertz CT molecular complexity index is 545. The second kappa shape index (κ2) is 8.58. The first kappa shape index (κ1) is 21.0. The van der Waals surface area contributed by atoms with E-state index in [1.807, 2.05) is 20.8 Å². The molecule has 0 heterocycles. The molecule has 0 fully saturated rings. The molecule has 0 saturated carbocycles. The third kappa shape index (κ3) is 6.40. The first-order chi connectivity index (χ1) is 9.61. The average molecular weight is 369 g/mol. The monoisotopic (exact) mass is 367 g/mol. The number of amides is 2. The summed E-state index contributed by atoms with van der Waals surface area (Å²) in [5, 5.41) is 5.88. The minimum atomic E-state index is -0.694. The lowest BCUT2D eigenvalue weighted by Crippen LogP contribution is -2.50. The summed E-state index contributed by atoms with van der Waals surface area (Å²) in [5.41, 5.74) is 5.81. The number of halogens is 3. The number of carbonyl (C=O) groups excluding carboxylic acids is 2. The van der Waals surface area contributed by atoms with E-state index >= 15 is 0 Å². The van der Waals surface area contributed by atoms with Crippen LogP contribution in [0.25, 0.3) is 0 Å². The Labute approximate surface area is 146 Å². The molecule has 0 radical (unpaired) electrons. The van der Waals surface area contributed by atoms with E-state index in [-0.39, 0.29) is 30.3 Å². The molecule has 0 unspecified atom stereocenters. The SMILES string of the molecule is CC(C)(C)[C@H](N)C(=O)NCC(=O)Nc1cc(Cl)ccc1Cl.Cl. The molecule has 1 aromatic carbocycles. The molecular formula is C14H20Cl3N3O2. The number of nitrogens with one attached hydrogen (secondary N) is 2. The van der Waals surface area contributed by atoms with Gasteiger partial charge in [0.1, 0.15) is 0 Å². The Hall–Kier alpha value is -1.01. The van der Waals surface area contributed by atoms with Crippen LogP contribution in [0.4, 0.5) is 5.69 Å². The number of anilines is 1. The zero-order valence-corrected chi connectivity index (χ0v) is 14.9. The molecule has 1 atom stereocenters. The van der Waals surface area contributed by atoms with Gasteiger partial charge in [-0.15, -0.1) is 12.4 Å². The lowest BCUT2D eigenvalue weighted by molar-refractivity contribution is -0.126. The lowest BCUT2D eigenvalue weighted by atomic mass is 9.87. The van der Waals surface area contributed by atoms with Crippen LogP contribution in [0.2, 0.25) is 10.0 Å². The fraction of sp³-hybridized carbons (Fsp3) is 0.429. The summed E-state index contributed by atoms with van der Waals surface area (Å²) < 4.78 is 0. The third-order valence-electron chi connectivity index (χ3n) is 2.84. The maximum atomic E-state index is 11.8. The molecule has 0 aliphatic heterocycles. The highest BCUT2D eigenvalue weighted by molar-refractivity contribution is 6.35. The summed E-state index contributed by atoms with van der Waals surface area (Å²) in [6, 6.07) is 4.03. The fourth-order valence-corrected chi connectivity index (χ4v) is 1.80. The van der Waals surface area contributed by atoms with Crippen molar-refractivity contribution in [3.05, 3.63) is 28.2 Å². The number of rotatable bonds is 4. The highest BCUT2D eigenvalue weighted by atomic mass is 35.5. The molecule has 1 aromatic rings. The molecule has 0 aromatic heterocycles. The normalized spacial score (nSPS) is 12.1. The summed E-state index contributed by atoms with van der Waals surface area (Å²) in [6.07, 6.45) is 0. The minimum Gasteiger partial charge on any atom is -0.346 e. The molecule has 22 heavy (non-hydrogen) atoms. The summed E-state index contributed by atoms with van der Waals surface area (Å²) >= 11 is 11.8. The Kier molecular flexibility index (Phi) is 8.18. The van der Waals surface area contributed by atoms with E-state index in [1.54, 1.807) is 12.1 Å². The van der Waals surface area contributed by atoms with Gasteiger partial charge in [0.25, 0.3) is 0 Å². The van der Waals surface area contributed by atoms with Crippen molar-refractivity contribution in [3.63, 3.8) is 0 Å². The van der Waals surface area contributed by atoms with Crippen molar-refractivity contribution in [2.75, 3.05) is 11.9 Å². The van der Waals surface area contributed by atoms with Crippen molar-refractivity contribution < 1.29 is 9.59 Å². The second-order valence-corrected chi connectivity index (χ2v) is 6.58.